The Bertz CT molecular complexity index is 91.1. The van der Waals surface area contributed by atoms with Gasteiger partial charge in [-0.25, -0.2) is 0 Å². The molecule has 1 heterocycles. The van der Waals surface area contributed by atoms with Gasteiger partial charge in [0.05, 0.1) is 0 Å². The van der Waals surface area contributed by atoms with Gasteiger partial charge in [0.2, 0.25) is 0 Å². The van der Waals surface area contributed by atoms with Crippen LogP contribution >= 0.6 is 24.8 Å². The normalized spacial score (nSPS) is 28.5. The maximum absolute atomic E-state index is 3.59. The summed E-state index contributed by atoms with van der Waals surface area (Å²) >= 11 is 0. The Morgan fingerprint density at radius 3 is 1.75 bits per heavy atom. The SMILES string of the molecule is CCC1CNCC(CC)N1.Cl.Cl. The summed E-state index contributed by atoms with van der Waals surface area (Å²) in [7, 11) is 0. The second-order valence-corrected chi connectivity index (χ2v) is 3.04. The molecule has 1 aliphatic heterocycles. The third-order valence-corrected chi connectivity index (χ3v) is 2.24. The highest BCUT2D eigenvalue weighted by molar-refractivity contribution is 5.85. The number of piperazine rings is 1. The number of rotatable bonds is 2. The van der Waals surface area contributed by atoms with Gasteiger partial charge in [0, 0.05) is 25.2 Å². The van der Waals surface area contributed by atoms with Crippen molar-refractivity contribution in [1.82, 2.24) is 10.6 Å². The van der Waals surface area contributed by atoms with Crippen molar-refractivity contribution in [1.29, 1.82) is 0 Å². The average molecular weight is 215 g/mol. The van der Waals surface area contributed by atoms with Gasteiger partial charge in [-0.1, -0.05) is 13.8 Å². The van der Waals surface area contributed by atoms with E-state index in [0.717, 1.165) is 13.1 Å². The van der Waals surface area contributed by atoms with Crippen molar-refractivity contribution in [2.45, 2.75) is 38.8 Å². The van der Waals surface area contributed by atoms with E-state index in [1.165, 1.54) is 12.8 Å². The standard InChI is InChI=1S/C8H18N2.2ClH/c1-3-7-5-9-6-8(4-2)10-7;;/h7-10H,3-6H2,1-2H3;2*1H. The van der Waals surface area contributed by atoms with E-state index in [0.29, 0.717) is 12.1 Å². The third kappa shape index (κ3) is 4.51. The van der Waals surface area contributed by atoms with Gasteiger partial charge >= 0.3 is 0 Å². The van der Waals surface area contributed by atoms with Gasteiger partial charge in [0.15, 0.2) is 0 Å². The molecule has 2 unspecified atom stereocenters. The molecule has 0 aromatic heterocycles. The maximum atomic E-state index is 3.59. The van der Waals surface area contributed by atoms with E-state index >= 15 is 0 Å². The van der Waals surface area contributed by atoms with Crippen LogP contribution in [0.15, 0.2) is 0 Å². The smallest absolute Gasteiger partial charge is 0.0193 e. The second-order valence-electron chi connectivity index (χ2n) is 3.04. The summed E-state index contributed by atoms with van der Waals surface area (Å²) in [6, 6.07) is 1.41. The first kappa shape index (κ1) is 15.0. The Labute approximate surface area is 87.7 Å². The first-order valence-electron chi connectivity index (χ1n) is 4.33. The number of hydrogen-bond donors (Lipinski definition) is 2. The van der Waals surface area contributed by atoms with Crippen molar-refractivity contribution in [3.05, 3.63) is 0 Å². The fraction of sp³-hybridized carbons (Fsp3) is 1.00. The predicted molar refractivity (Wildman–Crippen MR) is 58.7 cm³/mol. The molecule has 12 heavy (non-hydrogen) atoms. The molecule has 4 heteroatoms. The summed E-state index contributed by atoms with van der Waals surface area (Å²) < 4.78 is 0. The lowest BCUT2D eigenvalue weighted by atomic mass is 10.1. The van der Waals surface area contributed by atoms with Crippen molar-refractivity contribution in [2.24, 2.45) is 0 Å². The summed E-state index contributed by atoms with van der Waals surface area (Å²) in [5.74, 6) is 0. The first-order chi connectivity index (χ1) is 4.86. The van der Waals surface area contributed by atoms with Crippen LogP contribution in [0.5, 0.6) is 0 Å². The number of hydrogen-bond acceptors (Lipinski definition) is 2. The lowest BCUT2D eigenvalue weighted by molar-refractivity contribution is 0.326. The molecule has 0 aromatic carbocycles. The van der Waals surface area contributed by atoms with Crippen LogP contribution in [-0.4, -0.2) is 25.2 Å². The highest BCUT2D eigenvalue weighted by Crippen LogP contribution is 2.00. The summed E-state index contributed by atoms with van der Waals surface area (Å²) in [6.07, 6.45) is 2.48. The van der Waals surface area contributed by atoms with E-state index in [1.54, 1.807) is 0 Å². The van der Waals surface area contributed by atoms with E-state index in [1.807, 2.05) is 0 Å². The van der Waals surface area contributed by atoms with Crippen molar-refractivity contribution < 1.29 is 0 Å². The van der Waals surface area contributed by atoms with Gasteiger partial charge in [0.25, 0.3) is 0 Å². The number of nitrogens with one attached hydrogen (secondary N) is 2. The highest BCUT2D eigenvalue weighted by atomic mass is 35.5. The first-order valence-corrected chi connectivity index (χ1v) is 4.33. The fourth-order valence-corrected chi connectivity index (χ4v) is 1.41. The Morgan fingerprint density at radius 1 is 1.00 bits per heavy atom. The topological polar surface area (TPSA) is 24.1 Å². The Balaban J connectivity index is 0. The zero-order chi connectivity index (χ0) is 7.40. The van der Waals surface area contributed by atoms with E-state index in [9.17, 15) is 0 Å². The van der Waals surface area contributed by atoms with Crippen molar-refractivity contribution >= 4 is 24.8 Å². The van der Waals surface area contributed by atoms with E-state index in [4.69, 9.17) is 0 Å². The minimum atomic E-state index is 0. The van der Waals surface area contributed by atoms with Crippen LogP contribution in [0.25, 0.3) is 0 Å². The fourth-order valence-electron chi connectivity index (χ4n) is 1.41. The van der Waals surface area contributed by atoms with Crippen molar-refractivity contribution in [3.8, 4) is 0 Å². The van der Waals surface area contributed by atoms with Crippen LogP contribution < -0.4 is 10.6 Å². The minimum absolute atomic E-state index is 0. The van der Waals surface area contributed by atoms with Crippen LogP contribution in [0.3, 0.4) is 0 Å². The Hall–Kier alpha value is 0.500. The molecular weight excluding hydrogens is 195 g/mol. The van der Waals surface area contributed by atoms with Gasteiger partial charge in [-0.2, -0.15) is 0 Å². The summed E-state index contributed by atoms with van der Waals surface area (Å²) in [5, 5.41) is 7.01. The molecule has 1 saturated heterocycles. The molecule has 1 aliphatic rings. The molecule has 2 N–H and O–H groups in total. The molecule has 0 bridgehead atoms. The minimum Gasteiger partial charge on any atom is -0.314 e. The molecule has 76 valence electrons. The monoisotopic (exact) mass is 214 g/mol. The molecule has 0 saturated carbocycles. The predicted octanol–water partition coefficient (Wildman–Crippen LogP) is 1.58. The molecule has 0 aliphatic carbocycles. The molecule has 0 amide bonds. The molecule has 0 spiro atoms. The van der Waals surface area contributed by atoms with Gasteiger partial charge < -0.3 is 10.6 Å². The van der Waals surface area contributed by atoms with Crippen molar-refractivity contribution in [2.75, 3.05) is 13.1 Å². The van der Waals surface area contributed by atoms with Gasteiger partial charge in [-0.15, -0.1) is 24.8 Å². The van der Waals surface area contributed by atoms with Gasteiger partial charge in [0.1, 0.15) is 0 Å². The molecular formula is C8H20Cl2N2. The summed E-state index contributed by atoms with van der Waals surface area (Å²) in [6.45, 7) is 6.76. The summed E-state index contributed by atoms with van der Waals surface area (Å²) in [4.78, 5) is 0. The Morgan fingerprint density at radius 2 is 1.42 bits per heavy atom. The highest BCUT2D eigenvalue weighted by Gasteiger charge is 2.16. The molecule has 1 fully saturated rings. The lowest BCUT2D eigenvalue weighted by Crippen LogP contribution is -2.54. The van der Waals surface area contributed by atoms with Crippen LogP contribution in [0, 0.1) is 0 Å². The van der Waals surface area contributed by atoms with Crippen LogP contribution in [0.1, 0.15) is 26.7 Å². The largest absolute Gasteiger partial charge is 0.314 e. The molecule has 2 nitrogen and oxygen atoms in total. The van der Waals surface area contributed by atoms with E-state index in [-0.39, 0.29) is 24.8 Å². The van der Waals surface area contributed by atoms with Crippen molar-refractivity contribution in [3.63, 3.8) is 0 Å². The Kier molecular flexibility index (Phi) is 10.1. The van der Waals surface area contributed by atoms with Gasteiger partial charge in [-0.3, -0.25) is 0 Å². The quantitative estimate of drug-likeness (QED) is 0.730. The summed E-state index contributed by atoms with van der Waals surface area (Å²) in [5.41, 5.74) is 0. The molecule has 2 atom stereocenters. The van der Waals surface area contributed by atoms with Crippen LogP contribution in [0.2, 0.25) is 0 Å². The zero-order valence-electron chi connectivity index (χ0n) is 7.80. The zero-order valence-corrected chi connectivity index (χ0v) is 9.43. The van der Waals surface area contributed by atoms with E-state index in [2.05, 4.69) is 24.5 Å². The second kappa shape index (κ2) is 8.11. The number of halogens is 2. The molecule has 1 rings (SSSR count). The molecule has 0 aromatic rings. The maximum Gasteiger partial charge on any atom is 0.0193 e. The average Bonchev–Trinajstić information content (AvgIpc) is 2.05. The molecule has 0 radical (unpaired) electrons. The van der Waals surface area contributed by atoms with E-state index < -0.39 is 0 Å². The third-order valence-electron chi connectivity index (χ3n) is 2.24. The van der Waals surface area contributed by atoms with Crippen LogP contribution in [0.4, 0.5) is 0 Å². The lowest BCUT2D eigenvalue weighted by Gasteiger charge is -2.30. The van der Waals surface area contributed by atoms with Gasteiger partial charge in [-0.05, 0) is 12.8 Å². The van der Waals surface area contributed by atoms with Crippen LogP contribution in [-0.2, 0) is 0 Å².